The van der Waals surface area contributed by atoms with Crippen LogP contribution in [0.1, 0.15) is 19.4 Å². The maximum Gasteiger partial charge on any atom is 0.107 e. The molecule has 154 valence electrons. The van der Waals surface area contributed by atoms with Crippen molar-refractivity contribution < 1.29 is 0 Å². The van der Waals surface area contributed by atoms with Crippen LogP contribution in [0.15, 0.2) is 71.9 Å². The molecule has 1 aliphatic carbocycles. The highest BCUT2D eigenvalue weighted by atomic mass is 32.1. The van der Waals surface area contributed by atoms with E-state index in [1.807, 2.05) is 18.3 Å². The van der Waals surface area contributed by atoms with E-state index in [0.29, 0.717) is 0 Å². The van der Waals surface area contributed by atoms with Crippen LogP contribution in [0.25, 0.3) is 31.7 Å². The molecule has 1 aromatic heterocycles. The smallest absolute Gasteiger partial charge is 0.107 e. The Hall–Kier alpha value is -3.31. The third-order valence-electron chi connectivity index (χ3n) is 5.68. The predicted octanol–water partition coefficient (Wildman–Crippen LogP) is 6.34. The second-order valence-corrected chi connectivity index (χ2v) is 8.66. The van der Waals surface area contributed by atoms with Gasteiger partial charge in [-0.3, -0.25) is 4.98 Å². The first kappa shape index (κ1) is 19.6. The van der Waals surface area contributed by atoms with E-state index < -0.39 is 0 Å². The Balaban J connectivity index is 1.75. The van der Waals surface area contributed by atoms with Gasteiger partial charge in [0.25, 0.3) is 0 Å². The Morgan fingerprint density at radius 1 is 0.968 bits per heavy atom. The Labute approximate surface area is 185 Å². The van der Waals surface area contributed by atoms with Gasteiger partial charge in [-0.1, -0.05) is 12.1 Å². The molecule has 3 aromatic rings. The summed E-state index contributed by atoms with van der Waals surface area (Å²) < 4.78 is 1.16. The molecule has 1 aliphatic heterocycles. The normalized spacial score (nSPS) is 12.2. The Morgan fingerprint density at radius 2 is 1.81 bits per heavy atom. The fourth-order valence-electron chi connectivity index (χ4n) is 4.02. The fraction of sp³-hybridized carbons (Fsp3) is 0.192. The van der Waals surface area contributed by atoms with Crippen LogP contribution in [0.5, 0.6) is 0 Å². The number of para-hydroxylation sites is 1. The summed E-state index contributed by atoms with van der Waals surface area (Å²) in [7, 11) is 0. The highest BCUT2D eigenvalue weighted by molar-refractivity contribution is 7.21. The second kappa shape index (κ2) is 8.08. The average molecular weight is 425 g/mol. The van der Waals surface area contributed by atoms with Gasteiger partial charge < -0.3 is 4.90 Å². The molecule has 0 spiro atoms. The summed E-state index contributed by atoms with van der Waals surface area (Å²) in [4.78, 5) is 18.1. The van der Waals surface area contributed by atoms with E-state index >= 15 is 0 Å². The van der Waals surface area contributed by atoms with Crippen molar-refractivity contribution in [2.45, 2.75) is 20.8 Å². The molecule has 31 heavy (non-hydrogen) atoms. The van der Waals surface area contributed by atoms with Crippen LogP contribution in [-0.2, 0) is 0 Å². The topological polar surface area (TPSA) is 41.4 Å². The molecule has 0 unspecified atom stereocenters. The summed E-state index contributed by atoms with van der Waals surface area (Å²) in [6, 6.07) is 21.0. The van der Waals surface area contributed by atoms with Crippen molar-refractivity contribution in [1.82, 2.24) is 9.97 Å². The number of aryl methyl sites for hydroxylation is 1. The van der Waals surface area contributed by atoms with Gasteiger partial charge >= 0.3 is 0 Å². The van der Waals surface area contributed by atoms with Gasteiger partial charge in [0.05, 0.1) is 31.7 Å². The first-order valence-electron chi connectivity index (χ1n) is 10.7. The maximum atomic E-state index is 5.07. The summed E-state index contributed by atoms with van der Waals surface area (Å²) in [6.07, 6.45) is 1.83. The monoisotopic (exact) mass is 424 g/mol. The third-order valence-corrected chi connectivity index (χ3v) is 6.77. The zero-order valence-electron chi connectivity index (χ0n) is 18.0. The van der Waals surface area contributed by atoms with Gasteiger partial charge in [-0.2, -0.15) is 0 Å². The molecule has 2 aromatic carbocycles. The first-order valence-corrected chi connectivity index (χ1v) is 11.5. The molecule has 0 saturated heterocycles. The molecule has 4 nitrogen and oxygen atoms in total. The van der Waals surface area contributed by atoms with Crippen molar-refractivity contribution in [3.8, 4) is 10.6 Å². The predicted molar refractivity (Wildman–Crippen MR) is 132 cm³/mol. The number of rotatable bonds is 4. The van der Waals surface area contributed by atoms with Crippen LogP contribution >= 0.6 is 11.3 Å². The molecule has 0 atom stereocenters. The highest BCUT2D eigenvalue weighted by Crippen LogP contribution is 2.33. The largest absolute Gasteiger partial charge is 0.372 e. The highest BCUT2D eigenvalue weighted by Gasteiger charge is 2.14. The summed E-state index contributed by atoms with van der Waals surface area (Å²) >= 11 is 1.74. The molecule has 0 bridgehead atoms. The summed E-state index contributed by atoms with van der Waals surface area (Å²) in [5, 5.41) is 1.96. The number of pyridine rings is 1. The number of anilines is 1. The second-order valence-electron chi connectivity index (χ2n) is 7.58. The lowest BCUT2D eigenvalue weighted by Crippen LogP contribution is -2.21. The Morgan fingerprint density at radius 3 is 2.61 bits per heavy atom. The zero-order chi connectivity index (χ0) is 21.4. The summed E-state index contributed by atoms with van der Waals surface area (Å²) in [5.41, 5.74) is 6.23. The molecule has 0 amide bonds. The third kappa shape index (κ3) is 3.55. The SMILES string of the molecule is CCN(CC)c1ccc(N=c2cc3sc4ccccc4nc-3c3ncccc23)c(C)c1. The summed E-state index contributed by atoms with van der Waals surface area (Å²) in [6.45, 7) is 8.49. The molecular weight excluding hydrogens is 400 g/mol. The first-order chi connectivity index (χ1) is 15.2. The number of hydrogen-bond acceptors (Lipinski definition) is 5. The van der Waals surface area contributed by atoms with E-state index in [1.165, 1.54) is 11.3 Å². The minimum atomic E-state index is 0.901. The van der Waals surface area contributed by atoms with Crippen LogP contribution in [-0.4, -0.2) is 23.1 Å². The van der Waals surface area contributed by atoms with Gasteiger partial charge in [0.1, 0.15) is 5.69 Å². The van der Waals surface area contributed by atoms with Gasteiger partial charge in [-0.05, 0) is 74.9 Å². The van der Waals surface area contributed by atoms with E-state index in [0.717, 1.165) is 55.8 Å². The molecule has 0 N–H and O–H groups in total. The van der Waals surface area contributed by atoms with Gasteiger partial charge in [0, 0.05) is 30.4 Å². The molecule has 2 aliphatic rings. The van der Waals surface area contributed by atoms with E-state index in [9.17, 15) is 0 Å². The van der Waals surface area contributed by atoms with Crippen LogP contribution in [0.4, 0.5) is 11.4 Å². The zero-order valence-corrected chi connectivity index (χ0v) is 18.8. The van der Waals surface area contributed by atoms with Crippen molar-refractivity contribution in [1.29, 1.82) is 0 Å². The van der Waals surface area contributed by atoms with Gasteiger partial charge in [-0.25, -0.2) is 9.98 Å². The minimum Gasteiger partial charge on any atom is -0.372 e. The molecule has 0 fully saturated rings. The van der Waals surface area contributed by atoms with Crippen LogP contribution in [0.2, 0.25) is 0 Å². The van der Waals surface area contributed by atoms with E-state index in [-0.39, 0.29) is 0 Å². The molecular formula is C26H24N4S. The maximum absolute atomic E-state index is 5.07. The minimum absolute atomic E-state index is 0.901. The molecule has 2 heterocycles. The number of fused-ring (bicyclic) bond motifs is 4. The van der Waals surface area contributed by atoms with Gasteiger partial charge in [0.2, 0.25) is 0 Å². The van der Waals surface area contributed by atoms with Crippen molar-refractivity contribution in [3.63, 3.8) is 0 Å². The molecule has 5 rings (SSSR count). The molecule has 5 heteroatoms. The van der Waals surface area contributed by atoms with E-state index in [1.54, 1.807) is 11.3 Å². The van der Waals surface area contributed by atoms with Crippen molar-refractivity contribution in [3.05, 3.63) is 77.8 Å². The van der Waals surface area contributed by atoms with Crippen LogP contribution in [0.3, 0.4) is 0 Å². The Bertz CT molecular complexity index is 1430. The van der Waals surface area contributed by atoms with Crippen molar-refractivity contribution in [2.75, 3.05) is 18.0 Å². The molecule has 0 radical (unpaired) electrons. The fourth-order valence-corrected chi connectivity index (χ4v) is 5.03. The number of benzene rings is 3. The van der Waals surface area contributed by atoms with E-state index in [2.05, 4.69) is 79.2 Å². The van der Waals surface area contributed by atoms with Crippen molar-refractivity contribution in [2.24, 2.45) is 4.99 Å². The molecule has 0 saturated carbocycles. The van der Waals surface area contributed by atoms with Gasteiger partial charge in [0.15, 0.2) is 0 Å². The number of hydrogen-bond donors (Lipinski definition) is 0. The van der Waals surface area contributed by atoms with Gasteiger partial charge in [-0.15, -0.1) is 11.3 Å². The van der Waals surface area contributed by atoms with Crippen molar-refractivity contribution >= 4 is 43.8 Å². The lowest BCUT2D eigenvalue weighted by Gasteiger charge is -2.21. The number of nitrogens with zero attached hydrogens (tertiary/aromatic N) is 4. The average Bonchev–Trinajstić information content (AvgIpc) is 2.80. The lowest BCUT2D eigenvalue weighted by molar-refractivity contribution is 0.865. The van der Waals surface area contributed by atoms with Crippen LogP contribution in [0, 0.1) is 6.92 Å². The number of aromatic nitrogens is 2. The standard InChI is InChI=1S/C26H24N4S/c1-4-30(5-2)18-12-13-20(17(3)15-18)28-22-16-24-26(25-19(22)9-8-14-27-25)29-21-10-6-7-11-23(21)31-24/h6-16H,4-5H2,1-3H3. The quantitative estimate of drug-likeness (QED) is 0.250. The van der Waals surface area contributed by atoms with Crippen LogP contribution < -0.4 is 10.3 Å². The van der Waals surface area contributed by atoms with E-state index in [4.69, 9.17) is 9.98 Å². The lowest BCUT2D eigenvalue weighted by atomic mass is 10.1. The summed E-state index contributed by atoms with van der Waals surface area (Å²) in [5.74, 6) is 0. The Kier molecular flexibility index (Phi) is 5.12.